The van der Waals surface area contributed by atoms with Gasteiger partial charge in [-0.15, -0.1) is 0 Å². The molecule has 1 heterocycles. The van der Waals surface area contributed by atoms with Crippen LogP contribution in [-0.2, 0) is 20.8 Å². The van der Waals surface area contributed by atoms with Gasteiger partial charge in [-0.2, -0.15) is 13.2 Å². The topological polar surface area (TPSA) is 66.5 Å². The van der Waals surface area contributed by atoms with Crippen LogP contribution in [0.2, 0.25) is 0 Å². The minimum absolute atomic E-state index is 0.0165. The van der Waals surface area contributed by atoms with E-state index in [1.807, 2.05) is 0 Å². The van der Waals surface area contributed by atoms with E-state index in [-0.39, 0.29) is 29.5 Å². The minimum Gasteiger partial charge on any atom is -0.353 e. The van der Waals surface area contributed by atoms with E-state index < -0.39 is 21.6 Å². The average molecular weight is 418 g/mol. The number of carbonyl (C=O) groups is 1. The van der Waals surface area contributed by atoms with E-state index in [1.165, 1.54) is 18.4 Å². The van der Waals surface area contributed by atoms with Crippen LogP contribution < -0.4 is 5.32 Å². The van der Waals surface area contributed by atoms with Crippen LogP contribution in [0.4, 0.5) is 13.2 Å². The van der Waals surface area contributed by atoms with Crippen LogP contribution in [0.15, 0.2) is 24.3 Å². The molecule has 1 saturated carbocycles. The summed E-state index contributed by atoms with van der Waals surface area (Å²) in [5, 5.41) is 3.05. The molecule has 1 N–H and O–H groups in total. The van der Waals surface area contributed by atoms with E-state index in [0.717, 1.165) is 43.6 Å². The Labute approximate surface area is 163 Å². The molecule has 2 fully saturated rings. The van der Waals surface area contributed by atoms with Crippen LogP contribution in [0.3, 0.4) is 0 Å². The summed E-state index contributed by atoms with van der Waals surface area (Å²) in [7, 11) is -2.98. The zero-order chi connectivity index (χ0) is 20.5. The molecule has 2 unspecified atom stereocenters. The summed E-state index contributed by atoms with van der Waals surface area (Å²) >= 11 is 0. The lowest BCUT2D eigenvalue weighted by molar-refractivity contribution is -0.137. The van der Waals surface area contributed by atoms with Gasteiger partial charge in [0.25, 0.3) is 0 Å². The molecule has 28 heavy (non-hydrogen) atoms. The first-order chi connectivity index (χ1) is 13.0. The van der Waals surface area contributed by atoms with Crippen molar-refractivity contribution in [2.45, 2.75) is 37.4 Å². The van der Waals surface area contributed by atoms with Gasteiger partial charge in [0.05, 0.1) is 11.3 Å². The number of nitrogens with one attached hydrogen (secondary N) is 1. The molecule has 1 aromatic carbocycles. The van der Waals surface area contributed by atoms with Crippen molar-refractivity contribution < 1.29 is 26.4 Å². The summed E-state index contributed by atoms with van der Waals surface area (Å²) in [6, 6.07) is 5.11. The van der Waals surface area contributed by atoms with Gasteiger partial charge in [0.1, 0.15) is 9.84 Å². The summed E-state index contributed by atoms with van der Waals surface area (Å²) < 4.78 is 60.4. The maximum Gasteiger partial charge on any atom is 0.416 e. The van der Waals surface area contributed by atoms with E-state index in [9.17, 15) is 26.4 Å². The molecule has 9 heteroatoms. The molecule has 0 spiro atoms. The second-order valence-electron chi connectivity index (χ2n) is 7.82. The van der Waals surface area contributed by atoms with Gasteiger partial charge >= 0.3 is 6.18 Å². The third kappa shape index (κ3) is 5.70. The number of hydrogen-bond acceptors (Lipinski definition) is 4. The molecule has 0 radical (unpaired) electrons. The molecule has 1 aliphatic carbocycles. The van der Waals surface area contributed by atoms with Crippen molar-refractivity contribution in [1.82, 2.24) is 10.2 Å². The maximum absolute atomic E-state index is 12.6. The fourth-order valence-corrected chi connectivity index (χ4v) is 4.27. The van der Waals surface area contributed by atoms with Crippen molar-refractivity contribution >= 4 is 15.7 Å². The van der Waals surface area contributed by atoms with Gasteiger partial charge < -0.3 is 10.2 Å². The first-order valence-electron chi connectivity index (χ1n) is 9.40. The summed E-state index contributed by atoms with van der Waals surface area (Å²) in [5.41, 5.74) is 0.0873. The monoisotopic (exact) mass is 418 g/mol. The van der Waals surface area contributed by atoms with Gasteiger partial charge in [-0.3, -0.25) is 4.79 Å². The molecule has 1 aromatic rings. The van der Waals surface area contributed by atoms with Gasteiger partial charge in [-0.05, 0) is 42.9 Å². The summed E-state index contributed by atoms with van der Waals surface area (Å²) in [4.78, 5) is 14.5. The zero-order valence-electron chi connectivity index (χ0n) is 15.7. The molecular weight excluding hydrogens is 393 g/mol. The molecule has 1 amide bonds. The number of hydrogen-bond donors (Lipinski definition) is 1. The van der Waals surface area contributed by atoms with E-state index in [2.05, 4.69) is 10.2 Å². The number of halogens is 3. The maximum atomic E-state index is 12.6. The normalized spacial score (nSPS) is 24.1. The van der Waals surface area contributed by atoms with Gasteiger partial charge in [-0.1, -0.05) is 12.1 Å². The Hall–Kier alpha value is -1.61. The number of rotatable bonds is 6. The lowest BCUT2D eigenvalue weighted by Gasteiger charge is -2.32. The van der Waals surface area contributed by atoms with E-state index in [0.29, 0.717) is 13.0 Å². The molecule has 1 aliphatic heterocycles. The molecule has 1 saturated heterocycles. The largest absolute Gasteiger partial charge is 0.416 e. The van der Waals surface area contributed by atoms with Crippen molar-refractivity contribution in [3.8, 4) is 0 Å². The molecule has 0 aromatic heterocycles. The Morgan fingerprint density at radius 2 is 1.79 bits per heavy atom. The number of piperidine rings is 1. The number of carbonyl (C=O) groups excluding carboxylic acids is 1. The first kappa shape index (κ1) is 21.1. The fraction of sp³-hybridized carbons (Fsp3) is 0.632. The second-order valence-corrected chi connectivity index (χ2v) is 10.1. The van der Waals surface area contributed by atoms with Crippen LogP contribution in [0.1, 0.15) is 36.3 Å². The van der Waals surface area contributed by atoms with Crippen molar-refractivity contribution in [2.24, 2.45) is 5.92 Å². The predicted molar refractivity (Wildman–Crippen MR) is 99.6 cm³/mol. The van der Waals surface area contributed by atoms with Crippen molar-refractivity contribution in [2.75, 3.05) is 31.6 Å². The van der Waals surface area contributed by atoms with E-state index >= 15 is 0 Å². The van der Waals surface area contributed by atoms with Crippen molar-refractivity contribution in [3.63, 3.8) is 0 Å². The SMILES string of the molecule is CS(=O)(=O)CCN1CCC(NC(=O)C2CC2c2ccc(C(F)(F)F)cc2)CC1. The molecule has 156 valence electrons. The average Bonchev–Trinajstić information content (AvgIpc) is 3.41. The molecule has 0 bridgehead atoms. The number of sulfone groups is 1. The third-order valence-electron chi connectivity index (χ3n) is 5.51. The standard InChI is InChI=1S/C19H25F3N2O3S/c1-28(26,27)11-10-24-8-6-15(7-9-24)23-18(25)17-12-16(17)13-2-4-14(5-3-13)19(20,21)22/h2-5,15-17H,6-12H2,1H3,(H,23,25). The summed E-state index contributed by atoms with van der Waals surface area (Å²) in [5.74, 6) is -0.0995. The minimum atomic E-state index is -4.35. The lowest BCUT2D eigenvalue weighted by Crippen LogP contribution is -2.46. The van der Waals surface area contributed by atoms with E-state index in [1.54, 1.807) is 0 Å². The molecule has 2 atom stereocenters. The van der Waals surface area contributed by atoms with Crippen LogP contribution in [-0.4, -0.2) is 56.9 Å². The smallest absolute Gasteiger partial charge is 0.353 e. The Bertz CT molecular complexity index is 801. The predicted octanol–water partition coefficient (Wildman–Crippen LogP) is 2.43. The van der Waals surface area contributed by atoms with Gasteiger partial charge in [0.15, 0.2) is 0 Å². The van der Waals surface area contributed by atoms with Gasteiger partial charge in [0.2, 0.25) is 5.91 Å². The molecular formula is C19H25F3N2O3S. The molecule has 2 aliphatic rings. The summed E-state index contributed by atoms with van der Waals surface area (Å²) in [6.07, 6.45) is -0.928. The second kappa shape index (κ2) is 8.02. The highest BCUT2D eigenvalue weighted by molar-refractivity contribution is 7.90. The highest BCUT2D eigenvalue weighted by Crippen LogP contribution is 2.48. The lowest BCUT2D eigenvalue weighted by atomic mass is 10.0. The Morgan fingerprint density at radius 1 is 1.18 bits per heavy atom. The fourth-order valence-electron chi connectivity index (χ4n) is 3.68. The highest BCUT2D eigenvalue weighted by atomic mass is 32.2. The molecule has 3 rings (SSSR count). The van der Waals surface area contributed by atoms with Gasteiger partial charge in [0, 0.05) is 37.8 Å². The van der Waals surface area contributed by atoms with Crippen molar-refractivity contribution in [3.05, 3.63) is 35.4 Å². The Kier molecular flexibility index (Phi) is 6.05. The van der Waals surface area contributed by atoms with Crippen LogP contribution in [0.25, 0.3) is 0 Å². The highest BCUT2D eigenvalue weighted by Gasteiger charge is 2.44. The Balaban J connectivity index is 1.43. The van der Waals surface area contributed by atoms with Crippen LogP contribution in [0, 0.1) is 5.92 Å². The number of benzene rings is 1. The number of alkyl halides is 3. The summed E-state index contributed by atoms with van der Waals surface area (Å²) in [6.45, 7) is 2.00. The number of amides is 1. The van der Waals surface area contributed by atoms with Crippen molar-refractivity contribution in [1.29, 1.82) is 0 Å². The number of likely N-dealkylation sites (tertiary alicyclic amines) is 1. The van der Waals surface area contributed by atoms with Crippen LogP contribution >= 0.6 is 0 Å². The quantitative estimate of drug-likeness (QED) is 0.771. The zero-order valence-corrected chi connectivity index (χ0v) is 16.5. The first-order valence-corrected chi connectivity index (χ1v) is 11.5. The Morgan fingerprint density at radius 3 is 2.32 bits per heavy atom. The molecule has 5 nitrogen and oxygen atoms in total. The van der Waals surface area contributed by atoms with Crippen LogP contribution in [0.5, 0.6) is 0 Å². The third-order valence-corrected chi connectivity index (χ3v) is 6.43. The van der Waals surface area contributed by atoms with Gasteiger partial charge in [-0.25, -0.2) is 8.42 Å². The number of nitrogens with zero attached hydrogens (tertiary/aromatic N) is 1. The van der Waals surface area contributed by atoms with E-state index in [4.69, 9.17) is 0 Å².